The molecule has 136 valence electrons. The number of hydrogen-bond acceptors (Lipinski definition) is 5. The minimum atomic E-state index is -0.0103. The maximum absolute atomic E-state index is 12.1. The first-order valence-corrected chi connectivity index (χ1v) is 9.69. The standard InChI is InChI=1S/C17H22ClN3O3S/c1-23-8-6-21-15-5-4-12(18)9-14(15)20-17(21)25-11-16(22)19-10-13-3-2-7-24-13/h4-5,9,13H,2-3,6-8,10-11H2,1H3,(H,19,22)/t13-/m0/s1. The molecule has 6 nitrogen and oxygen atoms in total. The molecule has 1 N–H and O–H groups in total. The van der Waals surface area contributed by atoms with Crippen molar-refractivity contribution in [2.75, 3.05) is 32.6 Å². The number of thioether (sulfide) groups is 1. The first-order chi connectivity index (χ1) is 12.2. The molecule has 0 unspecified atom stereocenters. The Morgan fingerprint density at radius 2 is 2.44 bits per heavy atom. The van der Waals surface area contributed by atoms with Crippen molar-refractivity contribution in [3.05, 3.63) is 23.2 Å². The van der Waals surface area contributed by atoms with E-state index in [1.165, 1.54) is 11.8 Å². The Balaban J connectivity index is 1.63. The van der Waals surface area contributed by atoms with Crippen LogP contribution in [0, 0.1) is 0 Å². The molecule has 0 radical (unpaired) electrons. The fraction of sp³-hybridized carbons (Fsp3) is 0.529. The van der Waals surface area contributed by atoms with Gasteiger partial charge in [-0.3, -0.25) is 4.79 Å². The molecule has 0 aliphatic carbocycles. The van der Waals surface area contributed by atoms with Gasteiger partial charge in [-0.15, -0.1) is 0 Å². The zero-order valence-corrected chi connectivity index (χ0v) is 15.7. The summed E-state index contributed by atoms with van der Waals surface area (Å²) in [7, 11) is 1.67. The summed E-state index contributed by atoms with van der Waals surface area (Å²) in [6.45, 7) is 2.62. The summed E-state index contributed by atoms with van der Waals surface area (Å²) in [5.41, 5.74) is 1.81. The van der Waals surface area contributed by atoms with Crippen LogP contribution < -0.4 is 5.32 Å². The summed E-state index contributed by atoms with van der Waals surface area (Å²) < 4.78 is 12.8. The van der Waals surface area contributed by atoms with Crippen LogP contribution in [0.15, 0.2) is 23.4 Å². The van der Waals surface area contributed by atoms with Crippen molar-refractivity contribution in [3.8, 4) is 0 Å². The number of amides is 1. The van der Waals surface area contributed by atoms with Crippen molar-refractivity contribution in [2.45, 2.75) is 30.6 Å². The van der Waals surface area contributed by atoms with Crippen molar-refractivity contribution in [1.29, 1.82) is 0 Å². The van der Waals surface area contributed by atoms with Gasteiger partial charge in [-0.05, 0) is 31.0 Å². The normalized spacial score (nSPS) is 17.3. The molecule has 0 saturated carbocycles. The Labute approximate surface area is 156 Å². The van der Waals surface area contributed by atoms with E-state index in [2.05, 4.69) is 14.9 Å². The van der Waals surface area contributed by atoms with Crippen molar-refractivity contribution in [1.82, 2.24) is 14.9 Å². The largest absolute Gasteiger partial charge is 0.383 e. The average molecular weight is 384 g/mol. The Morgan fingerprint density at radius 3 is 3.20 bits per heavy atom. The second kappa shape index (κ2) is 8.89. The van der Waals surface area contributed by atoms with E-state index in [1.54, 1.807) is 7.11 Å². The van der Waals surface area contributed by atoms with Gasteiger partial charge in [0.15, 0.2) is 5.16 Å². The lowest BCUT2D eigenvalue weighted by atomic mass is 10.2. The molecule has 2 heterocycles. The van der Waals surface area contributed by atoms with Crippen LogP contribution in [-0.4, -0.2) is 54.2 Å². The molecule has 1 amide bonds. The Morgan fingerprint density at radius 1 is 1.56 bits per heavy atom. The second-order valence-corrected chi connectivity index (χ2v) is 7.28. The fourth-order valence-corrected chi connectivity index (χ4v) is 3.84. The number of fused-ring (bicyclic) bond motifs is 1. The summed E-state index contributed by atoms with van der Waals surface area (Å²) in [5, 5.41) is 4.37. The maximum atomic E-state index is 12.1. The molecule has 1 aliphatic rings. The van der Waals surface area contributed by atoms with Crippen LogP contribution >= 0.6 is 23.4 Å². The van der Waals surface area contributed by atoms with Gasteiger partial charge in [0, 0.05) is 31.8 Å². The molecule has 1 fully saturated rings. The van der Waals surface area contributed by atoms with E-state index in [9.17, 15) is 4.79 Å². The molecule has 1 atom stereocenters. The number of imidazole rings is 1. The third-order valence-corrected chi connectivity index (χ3v) is 5.29. The van der Waals surface area contributed by atoms with Gasteiger partial charge in [0.1, 0.15) is 0 Å². The summed E-state index contributed by atoms with van der Waals surface area (Å²) in [4.78, 5) is 16.7. The Bertz CT molecular complexity index is 731. The molecular weight excluding hydrogens is 362 g/mol. The van der Waals surface area contributed by atoms with Gasteiger partial charge in [0.25, 0.3) is 0 Å². The minimum absolute atomic E-state index is 0.0103. The van der Waals surface area contributed by atoms with Gasteiger partial charge in [-0.1, -0.05) is 23.4 Å². The van der Waals surface area contributed by atoms with E-state index in [1.807, 2.05) is 18.2 Å². The Hall–Kier alpha value is -1.28. The number of rotatable bonds is 8. The first kappa shape index (κ1) is 18.5. The highest BCUT2D eigenvalue weighted by Gasteiger charge is 2.17. The predicted octanol–water partition coefficient (Wildman–Crippen LogP) is 2.72. The number of benzene rings is 1. The molecule has 1 aromatic heterocycles. The smallest absolute Gasteiger partial charge is 0.230 e. The predicted molar refractivity (Wildman–Crippen MR) is 99.3 cm³/mol. The zero-order valence-electron chi connectivity index (χ0n) is 14.2. The van der Waals surface area contributed by atoms with Gasteiger partial charge in [-0.2, -0.15) is 0 Å². The number of aromatic nitrogens is 2. The van der Waals surface area contributed by atoms with Crippen LogP contribution in [0.2, 0.25) is 5.02 Å². The van der Waals surface area contributed by atoms with Gasteiger partial charge < -0.3 is 19.4 Å². The van der Waals surface area contributed by atoms with E-state index < -0.39 is 0 Å². The minimum Gasteiger partial charge on any atom is -0.383 e. The number of hydrogen-bond donors (Lipinski definition) is 1. The lowest BCUT2D eigenvalue weighted by molar-refractivity contribution is -0.119. The lowest BCUT2D eigenvalue weighted by Crippen LogP contribution is -2.32. The van der Waals surface area contributed by atoms with E-state index in [-0.39, 0.29) is 12.0 Å². The van der Waals surface area contributed by atoms with Crippen molar-refractivity contribution in [3.63, 3.8) is 0 Å². The molecular formula is C17H22ClN3O3S. The van der Waals surface area contributed by atoms with Crippen LogP contribution in [0.1, 0.15) is 12.8 Å². The molecule has 25 heavy (non-hydrogen) atoms. The van der Waals surface area contributed by atoms with E-state index in [4.69, 9.17) is 21.1 Å². The first-order valence-electron chi connectivity index (χ1n) is 8.33. The van der Waals surface area contributed by atoms with Gasteiger partial charge in [0.05, 0.1) is 29.5 Å². The number of carbonyl (C=O) groups excluding carboxylic acids is 1. The summed E-state index contributed by atoms with van der Waals surface area (Å²) >= 11 is 7.48. The molecule has 3 rings (SSSR count). The van der Waals surface area contributed by atoms with Crippen LogP contribution in [0.3, 0.4) is 0 Å². The van der Waals surface area contributed by atoms with Crippen LogP contribution in [0.5, 0.6) is 0 Å². The zero-order chi connectivity index (χ0) is 17.6. The molecule has 2 aromatic rings. The monoisotopic (exact) mass is 383 g/mol. The van der Waals surface area contributed by atoms with Crippen LogP contribution in [0.4, 0.5) is 0 Å². The highest BCUT2D eigenvalue weighted by molar-refractivity contribution is 7.99. The number of ether oxygens (including phenoxy) is 2. The number of halogens is 1. The lowest BCUT2D eigenvalue weighted by Gasteiger charge is -2.11. The second-order valence-electron chi connectivity index (χ2n) is 5.90. The van der Waals surface area contributed by atoms with Crippen LogP contribution in [-0.2, 0) is 20.8 Å². The van der Waals surface area contributed by atoms with Gasteiger partial charge >= 0.3 is 0 Å². The third-order valence-electron chi connectivity index (χ3n) is 4.08. The van der Waals surface area contributed by atoms with Crippen LogP contribution in [0.25, 0.3) is 11.0 Å². The SMILES string of the molecule is COCCn1c(SCC(=O)NC[C@@H]2CCCO2)nc2cc(Cl)ccc21. The summed E-state index contributed by atoms with van der Waals surface area (Å²) in [5.74, 6) is 0.306. The number of nitrogens with zero attached hydrogens (tertiary/aromatic N) is 2. The molecule has 0 bridgehead atoms. The van der Waals surface area contributed by atoms with Crippen molar-refractivity contribution < 1.29 is 14.3 Å². The van der Waals surface area contributed by atoms with E-state index in [0.29, 0.717) is 30.5 Å². The molecule has 1 aliphatic heterocycles. The number of nitrogens with one attached hydrogen (secondary N) is 1. The van der Waals surface area contributed by atoms with Crippen molar-refractivity contribution in [2.24, 2.45) is 0 Å². The molecule has 1 aromatic carbocycles. The highest BCUT2D eigenvalue weighted by atomic mass is 35.5. The Kier molecular flexibility index (Phi) is 6.58. The average Bonchev–Trinajstić information content (AvgIpc) is 3.23. The van der Waals surface area contributed by atoms with Crippen molar-refractivity contribution >= 4 is 40.3 Å². The van der Waals surface area contributed by atoms with Gasteiger partial charge in [-0.25, -0.2) is 4.98 Å². The third kappa shape index (κ3) is 4.88. The van der Waals surface area contributed by atoms with E-state index >= 15 is 0 Å². The molecule has 1 saturated heterocycles. The van der Waals surface area contributed by atoms with E-state index in [0.717, 1.165) is 35.6 Å². The number of carbonyl (C=O) groups is 1. The summed E-state index contributed by atoms with van der Waals surface area (Å²) in [6, 6.07) is 5.63. The fourth-order valence-electron chi connectivity index (χ4n) is 2.80. The molecule has 0 spiro atoms. The van der Waals surface area contributed by atoms with Gasteiger partial charge in [0.2, 0.25) is 5.91 Å². The maximum Gasteiger partial charge on any atom is 0.230 e. The topological polar surface area (TPSA) is 65.4 Å². The highest BCUT2D eigenvalue weighted by Crippen LogP contribution is 2.26. The number of methoxy groups -OCH3 is 1. The molecule has 8 heteroatoms. The summed E-state index contributed by atoms with van der Waals surface area (Å²) in [6.07, 6.45) is 2.24. The quantitative estimate of drug-likeness (QED) is 0.710.